The lowest BCUT2D eigenvalue weighted by atomic mass is 9.94. The van der Waals surface area contributed by atoms with E-state index in [2.05, 4.69) is 0 Å². The number of aromatic hydroxyl groups is 1. The summed E-state index contributed by atoms with van der Waals surface area (Å²) in [6.07, 6.45) is 0.818. The lowest BCUT2D eigenvalue weighted by molar-refractivity contribution is -0.132. The quantitative estimate of drug-likeness (QED) is 0.248. The summed E-state index contributed by atoms with van der Waals surface area (Å²) in [4.78, 5) is 28.0. The molecule has 1 saturated heterocycles. The maximum Gasteiger partial charge on any atom is 0.300 e. The Morgan fingerprint density at radius 2 is 1.80 bits per heavy atom. The molecule has 0 aliphatic carbocycles. The molecule has 35 heavy (non-hydrogen) atoms. The van der Waals surface area contributed by atoms with E-state index in [4.69, 9.17) is 16.3 Å². The number of phenolic OH excluding ortho intramolecular Hbond substituents is 1. The van der Waals surface area contributed by atoms with Crippen LogP contribution in [0.4, 0.5) is 5.69 Å². The summed E-state index contributed by atoms with van der Waals surface area (Å²) >= 11 is 6.18. The van der Waals surface area contributed by atoms with Crippen LogP contribution < -0.4 is 9.64 Å². The summed E-state index contributed by atoms with van der Waals surface area (Å²) < 4.78 is 5.67. The van der Waals surface area contributed by atoms with Gasteiger partial charge in [-0.25, -0.2) is 0 Å². The molecule has 3 aromatic carbocycles. The number of hydrogen-bond acceptors (Lipinski definition) is 5. The van der Waals surface area contributed by atoms with E-state index in [-0.39, 0.29) is 22.1 Å². The molecule has 180 valence electrons. The third-order valence-corrected chi connectivity index (χ3v) is 6.38. The van der Waals surface area contributed by atoms with Crippen molar-refractivity contribution in [1.82, 2.24) is 0 Å². The number of aliphatic hydroxyl groups excluding tert-OH is 1. The van der Waals surface area contributed by atoms with Gasteiger partial charge in [0.25, 0.3) is 11.7 Å². The Labute approximate surface area is 209 Å². The van der Waals surface area contributed by atoms with E-state index in [1.54, 1.807) is 36.4 Å². The standard InChI is InChI=1S/C28H26ClNO5/c1-4-12-35-21-7-5-6-19(14-21)26(32)24-25(18-9-11-23(31)22(29)15-18)30(28(34)27(24)33)20-10-8-16(2)17(3)13-20/h5-11,13-15,25,31-32H,4,12H2,1-3H3/b26-24+. The summed E-state index contributed by atoms with van der Waals surface area (Å²) in [6, 6.07) is 15.8. The Morgan fingerprint density at radius 1 is 1.03 bits per heavy atom. The summed E-state index contributed by atoms with van der Waals surface area (Å²) in [6.45, 7) is 6.37. The minimum absolute atomic E-state index is 0.0670. The molecule has 2 N–H and O–H groups in total. The molecule has 3 aromatic rings. The molecule has 4 rings (SSSR count). The van der Waals surface area contributed by atoms with Crippen molar-refractivity contribution in [1.29, 1.82) is 0 Å². The minimum atomic E-state index is -0.949. The average molecular weight is 492 g/mol. The molecular weight excluding hydrogens is 466 g/mol. The Balaban J connectivity index is 1.92. The number of aryl methyl sites for hydroxylation is 2. The van der Waals surface area contributed by atoms with E-state index in [0.717, 1.165) is 17.5 Å². The van der Waals surface area contributed by atoms with Crippen LogP contribution in [0.3, 0.4) is 0 Å². The highest BCUT2D eigenvalue weighted by Crippen LogP contribution is 2.44. The van der Waals surface area contributed by atoms with E-state index < -0.39 is 17.7 Å². The Kier molecular flexibility index (Phi) is 6.85. The number of phenols is 1. The molecule has 0 saturated carbocycles. The first-order chi connectivity index (χ1) is 16.7. The van der Waals surface area contributed by atoms with E-state index >= 15 is 0 Å². The molecule has 1 unspecified atom stereocenters. The van der Waals surface area contributed by atoms with Crippen molar-refractivity contribution in [3.8, 4) is 11.5 Å². The molecule has 7 heteroatoms. The molecule has 0 aromatic heterocycles. The molecule has 1 heterocycles. The number of aliphatic hydroxyl groups is 1. The molecule has 1 amide bonds. The highest BCUT2D eigenvalue weighted by molar-refractivity contribution is 6.51. The first kappa shape index (κ1) is 24.4. The number of carbonyl (C=O) groups is 2. The topological polar surface area (TPSA) is 87.1 Å². The predicted molar refractivity (Wildman–Crippen MR) is 136 cm³/mol. The Hall–Kier alpha value is -3.77. The first-order valence-corrected chi connectivity index (χ1v) is 11.7. The van der Waals surface area contributed by atoms with E-state index in [0.29, 0.717) is 29.2 Å². The van der Waals surface area contributed by atoms with Crippen LogP contribution in [0, 0.1) is 13.8 Å². The largest absolute Gasteiger partial charge is 0.507 e. The molecule has 1 fully saturated rings. The number of carbonyl (C=O) groups excluding carboxylic acids is 2. The Bertz CT molecular complexity index is 1350. The predicted octanol–water partition coefficient (Wildman–Crippen LogP) is 6.08. The zero-order valence-electron chi connectivity index (χ0n) is 19.7. The van der Waals surface area contributed by atoms with Crippen LogP contribution in [0.2, 0.25) is 5.02 Å². The zero-order valence-corrected chi connectivity index (χ0v) is 20.5. The fraction of sp³-hybridized carbons (Fsp3) is 0.214. The van der Waals surface area contributed by atoms with Crippen LogP contribution in [-0.2, 0) is 9.59 Å². The lowest BCUT2D eigenvalue weighted by Gasteiger charge is -2.26. The zero-order chi connectivity index (χ0) is 25.3. The average Bonchev–Trinajstić information content (AvgIpc) is 3.11. The van der Waals surface area contributed by atoms with Crippen LogP contribution in [0.15, 0.2) is 66.2 Å². The molecule has 0 spiro atoms. The minimum Gasteiger partial charge on any atom is -0.507 e. The highest BCUT2D eigenvalue weighted by Gasteiger charge is 2.47. The molecule has 1 aliphatic rings. The van der Waals surface area contributed by atoms with Gasteiger partial charge in [0.1, 0.15) is 17.3 Å². The van der Waals surface area contributed by atoms with Crippen LogP contribution in [0.5, 0.6) is 11.5 Å². The van der Waals surface area contributed by atoms with Gasteiger partial charge in [0.2, 0.25) is 0 Å². The molecule has 1 aliphatic heterocycles. The SMILES string of the molecule is CCCOc1cccc(/C(O)=C2\C(=O)C(=O)N(c3ccc(C)c(C)c3)C2c2ccc(O)c(Cl)c2)c1. The molecule has 6 nitrogen and oxygen atoms in total. The van der Waals surface area contributed by atoms with Crippen molar-refractivity contribution in [3.63, 3.8) is 0 Å². The van der Waals surface area contributed by atoms with Crippen LogP contribution >= 0.6 is 11.6 Å². The van der Waals surface area contributed by atoms with Gasteiger partial charge >= 0.3 is 0 Å². The second-order valence-corrected chi connectivity index (χ2v) is 8.93. The summed E-state index contributed by atoms with van der Waals surface area (Å²) in [5.74, 6) is -1.47. The van der Waals surface area contributed by atoms with E-state index in [1.165, 1.54) is 17.0 Å². The van der Waals surface area contributed by atoms with Crippen molar-refractivity contribution < 1.29 is 24.5 Å². The summed E-state index contributed by atoms with van der Waals surface area (Å²) in [5.41, 5.74) is 3.27. The van der Waals surface area contributed by atoms with Crippen LogP contribution in [-0.4, -0.2) is 28.5 Å². The number of ether oxygens (including phenoxy) is 1. The van der Waals surface area contributed by atoms with Gasteiger partial charge in [0, 0.05) is 11.3 Å². The highest BCUT2D eigenvalue weighted by atomic mass is 35.5. The van der Waals surface area contributed by atoms with Gasteiger partial charge in [-0.1, -0.05) is 42.8 Å². The molecule has 0 radical (unpaired) electrons. The normalized spacial score (nSPS) is 17.1. The number of benzene rings is 3. The summed E-state index contributed by atoms with van der Waals surface area (Å²) in [7, 11) is 0. The van der Waals surface area contributed by atoms with Gasteiger partial charge in [-0.15, -0.1) is 0 Å². The van der Waals surface area contributed by atoms with Crippen molar-refractivity contribution in [2.75, 3.05) is 11.5 Å². The molecule has 1 atom stereocenters. The number of amides is 1. The smallest absolute Gasteiger partial charge is 0.300 e. The number of hydrogen-bond donors (Lipinski definition) is 2. The van der Waals surface area contributed by atoms with Crippen molar-refractivity contribution in [3.05, 3.63) is 93.5 Å². The van der Waals surface area contributed by atoms with Crippen molar-refractivity contribution in [2.45, 2.75) is 33.2 Å². The lowest BCUT2D eigenvalue weighted by Crippen LogP contribution is -2.29. The second-order valence-electron chi connectivity index (χ2n) is 8.52. The monoisotopic (exact) mass is 491 g/mol. The molecule has 0 bridgehead atoms. The first-order valence-electron chi connectivity index (χ1n) is 11.3. The maximum atomic E-state index is 13.3. The maximum absolute atomic E-state index is 13.3. The number of ketones is 1. The third-order valence-electron chi connectivity index (χ3n) is 6.08. The Morgan fingerprint density at radius 3 is 2.49 bits per heavy atom. The van der Waals surface area contributed by atoms with Gasteiger partial charge in [0.05, 0.1) is 23.2 Å². The fourth-order valence-electron chi connectivity index (χ4n) is 4.09. The second kappa shape index (κ2) is 9.84. The number of Topliss-reactive ketones (excluding diaryl/α,β-unsaturated/α-hetero) is 1. The summed E-state index contributed by atoms with van der Waals surface area (Å²) in [5, 5.41) is 21.3. The number of anilines is 1. The number of nitrogens with zero attached hydrogens (tertiary/aromatic N) is 1. The van der Waals surface area contributed by atoms with Gasteiger partial charge in [-0.2, -0.15) is 0 Å². The number of halogens is 1. The van der Waals surface area contributed by atoms with E-state index in [1.807, 2.05) is 32.9 Å². The molecular formula is C28H26ClNO5. The van der Waals surface area contributed by atoms with Gasteiger partial charge in [0.15, 0.2) is 0 Å². The van der Waals surface area contributed by atoms with Crippen LogP contribution in [0.1, 0.15) is 41.6 Å². The van der Waals surface area contributed by atoms with E-state index in [9.17, 15) is 19.8 Å². The van der Waals surface area contributed by atoms with Crippen molar-refractivity contribution >= 4 is 34.7 Å². The van der Waals surface area contributed by atoms with Crippen LogP contribution in [0.25, 0.3) is 5.76 Å². The van der Waals surface area contributed by atoms with Crippen molar-refractivity contribution in [2.24, 2.45) is 0 Å². The third kappa shape index (κ3) is 4.62. The van der Waals surface area contributed by atoms with Gasteiger partial charge in [-0.05, 0) is 73.4 Å². The van der Waals surface area contributed by atoms with Gasteiger partial charge < -0.3 is 14.9 Å². The number of rotatable bonds is 6. The fourth-order valence-corrected chi connectivity index (χ4v) is 4.28. The van der Waals surface area contributed by atoms with Gasteiger partial charge in [-0.3, -0.25) is 14.5 Å².